The Morgan fingerprint density at radius 2 is 1.55 bits per heavy atom. The fourth-order valence-corrected chi connectivity index (χ4v) is 4.30. The minimum Gasteiger partial charge on any atom is -0.454 e. The molecule has 3 rings (SSSR count). The molecule has 0 aliphatic carbocycles. The van der Waals surface area contributed by atoms with Gasteiger partial charge in [-0.3, -0.25) is 24.1 Å². The van der Waals surface area contributed by atoms with Crippen molar-refractivity contribution in [3.8, 4) is 0 Å². The van der Waals surface area contributed by atoms with Crippen molar-refractivity contribution in [1.29, 1.82) is 0 Å². The highest BCUT2D eigenvalue weighted by atomic mass is 79.9. The largest absolute Gasteiger partial charge is 0.454 e. The number of carbonyl (C=O) groups excluding carboxylic acids is 4. The van der Waals surface area contributed by atoms with Gasteiger partial charge in [0.1, 0.15) is 6.54 Å². The van der Waals surface area contributed by atoms with Crippen molar-refractivity contribution in [2.45, 2.75) is 6.92 Å². The molecule has 1 aliphatic heterocycles. The molecule has 0 bridgehead atoms. The van der Waals surface area contributed by atoms with Crippen LogP contribution >= 0.6 is 62.3 Å². The van der Waals surface area contributed by atoms with Crippen LogP contribution in [0.4, 0.5) is 5.69 Å². The van der Waals surface area contributed by atoms with E-state index in [9.17, 15) is 19.2 Å². The van der Waals surface area contributed by atoms with Gasteiger partial charge in [-0.25, -0.2) is 0 Å². The van der Waals surface area contributed by atoms with Crippen LogP contribution in [-0.4, -0.2) is 41.7 Å². The monoisotopic (exact) mass is 566 g/mol. The van der Waals surface area contributed by atoms with Gasteiger partial charge < -0.3 is 10.1 Å². The van der Waals surface area contributed by atoms with Crippen LogP contribution in [0, 0.1) is 6.92 Å². The fourth-order valence-electron chi connectivity index (χ4n) is 2.81. The Balaban J connectivity index is 1.65. The molecule has 1 heterocycles. The Morgan fingerprint density at radius 3 is 2.06 bits per heavy atom. The number of anilines is 1. The number of ether oxygens (including phenoxy) is 1. The zero-order chi connectivity index (χ0) is 23.0. The maximum Gasteiger partial charge on any atom is 0.326 e. The normalized spacial score (nSPS) is 12.8. The molecule has 31 heavy (non-hydrogen) atoms. The lowest BCUT2D eigenvalue weighted by Gasteiger charge is -2.13. The molecule has 0 unspecified atom stereocenters. The summed E-state index contributed by atoms with van der Waals surface area (Å²) in [7, 11) is 0. The summed E-state index contributed by atoms with van der Waals surface area (Å²) in [5, 5.41) is 1.74. The van der Waals surface area contributed by atoms with Crippen LogP contribution < -0.4 is 5.32 Å². The van der Waals surface area contributed by atoms with E-state index < -0.39 is 36.8 Å². The van der Waals surface area contributed by atoms with E-state index >= 15 is 0 Å². The Morgan fingerprint density at radius 1 is 1.00 bits per heavy atom. The Hall–Kier alpha value is -1.84. The molecule has 0 fully saturated rings. The molecule has 162 valence electrons. The van der Waals surface area contributed by atoms with E-state index in [1.807, 2.05) is 0 Å². The number of benzene rings is 2. The standard InChI is InChI=1S/C19H11BrCl4N2O5/c1-7-4-8(20)2-3-9(7)25-10(27)6-31-11(28)5-26-18(29)12-13(19(26)30)15(22)17(24)16(23)14(12)21/h2-4H,5-6H2,1H3,(H,25,27). The molecule has 2 aromatic carbocycles. The summed E-state index contributed by atoms with van der Waals surface area (Å²) < 4.78 is 5.73. The molecule has 3 amide bonds. The van der Waals surface area contributed by atoms with Crippen molar-refractivity contribution in [3.05, 3.63) is 59.5 Å². The molecular weight excluding hydrogens is 558 g/mol. The Kier molecular flexibility index (Phi) is 7.18. The van der Waals surface area contributed by atoms with Crippen LogP contribution in [0.15, 0.2) is 22.7 Å². The first-order valence-electron chi connectivity index (χ1n) is 8.46. The lowest BCUT2D eigenvalue weighted by Crippen LogP contribution is -2.36. The number of hydrogen-bond acceptors (Lipinski definition) is 5. The number of halogens is 5. The second-order valence-corrected chi connectivity index (χ2v) is 8.80. The van der Waals surface area contributed by atoms with Crippen molar-refractivity contribution in [2.75, 3.05) is 18.5 Å². The molecule has 0 spiro atoms. The molecule has 0 aromatic heterocycles. The fraction of sp³-hybridized carbons (Fsp3) is 0.158. The second kappa shape index (κ2) is 9.34. The minimum atomic E-state index is -0.985. The number of aryl methyl sites for hydroxylation is 1. The predicted molar refractivity (Wildman–Crippen MR) is 120 cm³/mol. The predicted octanol–water partition coefficient (Wildman–Crippen LogP) is 5.15. The number of nitrogens with one attached hydrogen (secondary N) is 1. The van der Waals surface area contributed by atoms with Gasteiger partial charge in [0.25, 0.3) is 17.7 Å². The van der Waals surface area contributed by atoms with Crippen molar-refractivity contribution < 1.29 is 23.9 Å². The van der Waals surface area contributed by atoms with Gasteiger partial charge in [0, 0.05) is 10.2 Å². The van der Waals surface area contributed by atoms with Gasteiger partial charge in [-0.2, -0.15) is 0 Å². The topological polar surface area (TPSA) is 92.8 Å². The number of rotatable bonds is 5. The molecular formula is C19H11BrCl4N2O5. The highest BCUT2D eigenvalue weighted by molar-refractivity contribution is 9.10. The molecule has 0 saturated heterocycles. The van der Waals surface area contributed by atoms with Crippen LogP contribution in [0.1, 0.15) is 26.3 Å². The van der Waals surface area contributed by atoms with Crippen molar-refractivity contribution in [1.82, 2.24) is 4.90 Å². The lowest BCUT2D eigenvalue weighted by atomic mass is 10.1. The van der Waals surface area contributed by atoms with E-state index in [0.717, 1.165) is 10.0 Å². The van der Waals surface area contributed by atoms with Gasteiger partial charge >= 0.3 is 5.97 Å². The van der Waals surface area contributed by atoms with E-state index in [1.54, 1.807) is 25.1 Å². The smallest absolute Gasteiger partial charge is 0.326 e. The summed E-state index contributed by atoms with van der Waals surface area (Å²) in [6, 6.07) is 5.23. The number of fused-ring (bicyclic) bond motifs is 1. The number of carbonyl (C=O) groups is 4. The van der Waals surface area contributed by atoms with Gasteiger partial charge in [-0.15, -0.1) is 0 Å². The molecule has 7 nitrogen and oxygen atoms in total. The molecule has 1 N–H and O–H groups in total. The summed E-state index contributed by atoms with van der Waals surface area (Å²) in [6.07, 6.45) is 0. The van der Waals surface area contributed by atoms with Gasteiger partial charge in [0.05, 0.1) is 31.2 Å². The first-order chi connectivity index (χ1) is 14.5. The van der Waals surface area contributed by atoms with Crippen molar-refractivity contribution in [2.24, 2.45) is 0 Å². The molecule has 12 heteroatoms. The second-order valence-electron chi connectivity index (χ2n) is 6.37. The summed E-state index contributed by atoms with van der Waals surface area (Å²) >= 11 is 27.3. The number of esters is 1. The number of imide groups is 1. The molecule has 1 aliphatic rings. The minimum absolute atomic E-state index is 0.183. The van der Waals surface area contributed by atoms with Gasteiger partial charge in [-0.1, -0.05) is 62.3 Å². The number of amides is 3. The maximum atomic E-state index is 12.6. The average Bonchev–Trinajstić information content (AvgIpc) is 2.96. The first-order valence-corrected chi connectivity index (χ1v) is 10.8. The van der Waals surface area contributed by atoms with Crippen LogP contribution in [0.2, 0.25) is 20.1 Å². The van der Waals surface area contributed by atoms with E-state index in [1.165, 1.54) is 0 Å². The van der Waals surface area contributed by atoms with E-state index in [4.69, 9.17) is 51.1 Å². The first kappa shape index (κ1) is 23.8. The average molecular weight is 569 g/mol. The van der Waals surface area contributed by atoms with Gasteiger partial charge in [-0.05, 0) is 30.7 Å². The Bertz CT molecular complexity index is 1110. The van der Waals surface area contributed by atoms with Crippen LogP contribution in [0.5, 0.6) is 0 Å². The number of nitrogens with zero attached hydrogens (tertiary/aromatic N) is 1. The van der Waals surface area contributed by atoms with Crippen molar-refractivity contribution in [3.63, 3.8) is 0 Å². The highest BCUT2D eigenvalue weighted by Crippen LogP contribution is 2.44. The summed E-state index contributed by atoms with van der Waals surface area (Å²) in [5.41, 5.74) is 0.846. The third-order valence-corrected chi connectivity index (χ3v) is 6.59. The van der Waals surface area contributed by atoms with Crippen LogP contribution in [0.3, 0.4) is 0 Å². The molecule has 0 radical (unpaired) electrons. The third kappa shape index (κ3) is 4.68. The lowest BCUT2D eigenvalue weighted by molar-refractivity contribution is -0.147. The maximum absolute atomic E-state index is 12.6. The zero-order valence-corrected chi connectivity index (χ0v) is 20.1. The molecule has 2 aromatic rings. The van der Waals surface area contributed by atoms with Crippen molar-refractivity contribution >= 4 is 91.7 Å². The highest BCUT2D eigenvalue weighted by Gasteiger charge is 2.42. The quantitative estimate of drug-likeness (QED) is 0.233. The SMILES string of the molecule is Cc1cc(Br)ccc1NC(=O)COC(=O)CN1C(=O)c2c(Cl)c(Cl)c(Cl)c(Cl)c2C1=O. The van der Waals surface area contributed by atoms with Gasteiger partial charge in [0.15, 0.2) is 6.61 Å². The number of hydrogen-bond donors (Lipinski definition) is 1. The van der Waals surface area contributed by atoms with E-state index in [-0.39, 0.29) is 31.2 Å². The van der Waals surface area contributed by atoms with Crippen LogP contribution in [0.25, 0.3) is 0 Å². The third-order valence-electron chi connectivity index (χ3n) is 4.30. The molecule has 0 atom stereocenters. The summed E-state index contributed by atoms with van der Waals surface area (Å²) in [6.45, 7) is 0.429. The summed E-state index contributed by atoms with van der Waals surface area (Å²) in [5.74, 6) is -3.33. The van der Waals surface area contributed by atoms with E-state index in [2.05, 4.69) is 21.2 Å². The Labute approximate surface area is 204 Å². The summed E-state index contributed by atoms with van der Waals surface area (Å²) in [4.78, 5) is 50.0. The van der Waals surface area contributed by atoms with Gasteiger partial charge in [0.2, 0.25) is 0 Å². The van der Waals surface area contributed by atoms with E-state index in [0.29, 0.717) is 10.6 Å². The zero-order valence-electron chi connectivity index (χ0n) is 15.5. The van der Waals surface area contributed by atoms with Crippen LogP contribution in [-0.2, 0) is 14.3 Å². The molecule has 0 saturated carbocycles.